The van der Waals surface area contributed by atoms with Crippen molar-refractivity contribution in [1.82, 2.24) is 20.9 Å². The summed E-state index contributed by atoms with van der Waals surface area (Å²) in [6.45, 7) is 5.41. The van der Waals surface area contributed by atoms with Gasteiger partial charge in [0.05, 0.1) is 6.54 Å². The van der Waals surface area contributed by atoms with E-state index < -0.39 is 11.6 Å². The minimum Gasteiger partial charge on any atom is -0.341 e. The van der Waals surface area contributed by atoms with Crippen LogP contribution in [0.3, 0.4) is 0 Å². The monoisotopic (exact) mass is 282 g/mol. The van der Waals surface area contributed by atoms with Crippen LogP contribution in [0.1, 0.15) is 33.1 Å². The Morgan fingerprint density at radius 3 is 2.55 bits per heavy atom. The fourth-order valence-electron chi connectivity index (χ4n) is 2.54. The fraction of sp³-hybridized carbons (Fsp3) is 0.769. The second-order valence-corrected chi connectivity index (χ2v) is 5.56. The third-order valence-corrected chi connectivity index (χ3v) is 4.20. The van der Waals surface area contributed by atoms with Gasteiger partial charge in [-0.25, -0.2) is 4.79 Å². The van der Waals surface area contributed by atoms with E-state index in [1.54, 1.807) is 4.90 Å². The highest BCUT2D eigenvalue weighted by Crippen LogP contribution is 2.25. The molecule has 0 saturated carbocycles. The Morgan fingerprint density at radius 2 is 2.05 bits per heavy atom. The van der Waals surface area contributed by atoms with Crippen molar-refractivity contribution in [3.05, 3.63) is 0 Å². The Hall–Kier alpha value is -1.63. The predicted octanol–water partition coefficient (Wildman–Crippen LogP) is -0.425. The van der Waals surface area contributed by atoms with E-state index >= 15 is 0 Å². The maximum atomic E-state index is 12.0. The van der Waals surface area contributed by atoms with Crippen molar-refractivity contribution >= 4 is 17.8 Å². The lowest BCUT2D eigenvalue weighted by atomic mass is 9.87. The summed E-state index contributed by atoms with van der Waals surface area (Å²) >= 11 is 0. The molecule has 0 aromatic rings. The Balaban J connectivity index is 1.83. The fourth-order valence-corrected chi connectivity index (χ4v) is 2.54. The Kier molecular flexibility index (Phi) is 4.27. The number of imide groups is 1. The van der Waals surface area contributed by atoms with Gasteiger partial charge in [-0.1, -0.05) is 6.92 Å². The third-order valence-electron chi connectivity index (χ3n) is 4.20. The molecule has 4 amide bonds. The molecule has 2 aliphatic rings. The Labute approximate surface area is 118 Å². The number of urea groups is 1. The van der Waals surface area contributed by atoms with Crippen LogP contribution >= 0.6 is 0 Å². The molecule has 2 saturated heterocycles. The van der Waals surface area contributed by atoms with Crippen molar-refractivity contribution in [2.45, 2.75) is 44.7 Å². The molecule has 1 unspecified atom stereocenters. The molecule has 2 aliphatic heterocycles. The zero-order chi connectivity index (χ0) is 14.8. The minimum atomic E-state index is -0.808. The van der Waals surface area contributed by atoms with Crippen molar-refractivity contribution in [2.75, 3.05) is 19.6 Å². The van der Waals surface area contributed by atoms with E-state index in [0.717, 1.165) is 6.42 Å². The van der Waals surface area contributed by atoms with Crippen molar-refractivity contribution in [3.63, 3.8) is 0 Å². The second-order valence-electron chi connectivity index (χ2n) is 5.56. The Morgan fingerprint density at radius 1 is 1.40 bits per heavy atom. The summed E-state index contributed by atoms with van der Waals surface area (Å²) in [7, 11) is 0. The number of piperidine rings is 1. The molecule has 7 nitrogen and oxygen atoms in total. The lowest BCUT2D eigenvalue weighted by Gasteiger charge is -2.37. The first-order chi connectivity index (χ1) is 9.47. The van der Waals surface area contributed by atoms with Crippen LogP contribution in [0.15, 0.2) is 0 Å². The molecule has 20 heavy (non-hydrogen) atoms. The normalized spacial score (nSPS) is 22.6. The number of rotatable bonds is 4. The summed E-state index contributed by atoms with van der Waals surface area (Å²) in [6, 6.07) is -0.122. The third kappa shape index (κ3) is 2.92. The Bertz CT molecular complexity index is 416. The molecule has 3 N–H and O–H groups in total. The molecule has 0 radical (unpaired) electrons. The summed E-state index contributed by atoms with van der Waals surface area (Å²) in [4.78, 5) is 36.8. The molecule has 0 aliphatic carbocycles. The quantitative estimate of drug-likeness (QED) is 0.611. The van der Waals surface area contributed by atoms with Gasteiger partial charge in [-0.05, 0) is 26.2 Å². The lowest BCUT2D eigenvalue weighted by Crippen LogP contribution is -2.56. The summed E-state index contributed by atoms with van der Waals surface area (Å²) < 4.78 is 0. The van der Waals surface area contributed by atoms with Crippen LogP contribution in [0.4, 0.5) is 4.79 Å². The summed E-state index contributed by atoms with van der Waals surface area (Å²) in [5.41, 5.74) is -0.808. The van der Waals surface area contributed by atoms with Gasteiger partial charge < -0.3 is 15.5 Å². The molecular formula is C13H22N4O3. The number of likely N-dealkylation sites (tertiary alicyclic amines) is 1. The maximum absolute atomic E-state index is 12.0. The molecule has 2 fully saturated rings. The van der Waals surface area contributed by atoms with E-state index in [-0.39, 0.29) is 11.8 Å². The van der Waals surface area contributed by atoms with Gasteiger partial charge >= 0.3 is 6.03 Å². The molecule has 0 aromatic carbocycles. The van der Waals surface area contributed by atoms with E-state index in [4.69, 9.17) is 0 Å². The summed E-state index contributed by atoms with van der Waals surface area (Å²) in [5, 5.41) is 8.11. The molecule has 2 rings (SSSR count). The first-order valence-electron chi connectivity index (χ1n) is 7.11. The van der Waals surface area contributed by atoms with Gasteiger partial charge in [-0.2, -0.15) is 0 Å². The highest BCUT2D eigenvalue weighted by molar-refractivity contribution is 6.07. The zero-order valence-corrected chi connectivity index (χ0v) is 12.0. The average Bonchev–Trinajstić information content (AvgIpc) is 2.70. The predicted molar refractivity (Wildman–Crippen MR) is 73.0 cm³/mol. The summed E-state index contributed by atoms with van der Waals surface area (Å²) in [6.07, 6.45) is 1.92. The number of hydrogen-bond acceptors (Lipinski definition) is 4. The number of hydrogen-bond donors (Lipinski definition) is 3. The smallest absolute Gasteiger partial charge is 0.322 e. The number of nitrogens with zero attached hydrogens (tertiary/aromatic N) is 1. The average molecular weight is 282 g/mol. The first-order valence-corrected chi connectivity index (χ1v) is 7.11. The van der Waals surface area contributed by atoms with Crippen LogP contribution in [-0.4, -0.2) is 54.0 Å². The zero-order valence-electron chi connectivity index (χ0n) is 12.0. The molecule has 2 heterocycles. The largest absolute Gasteiger partial charge is 0.341 e. The second kappa shape index (κ2) is 5.78. The van der Waals surface area contributed by atoms with E-state index in [0.29, 0.717) is 38.5 Å². The molecule has 0 bridgehead atoms. The van der Waals surface area contributed by atoms with Crippen LogP contribution < -0.4 is 16.0 Å². The number of amides is 4. The van der Waals surface area contributed by atoms with Crippen LogP contribution in [0.5, 0.6) is 0 Å². The van der Waals surface area contributed by atoms with Gasteiger partial charge in [0, 0.05) is 19.1 Å². The van der Waals surface area contributed by atoms with Gasteiger partial charge in [-0.3, -0.25) is 14.9 Å². The van der Waals surface area contributed by atoms with E-state index in [9.17, 15) is 14.4 Å². The van der Waals surface area contributed by atoms with Crippen molar-refractivity contribution in [1.29, 1.82) is 0 Å². The topological polar surface area (TPSA) is 90.5 Å². The van der Waals surface area contributed by atoms with Crippen molar-refractivity contribution in [3.8, 4) is 0 Å². The van der Waals surface area contributed by atoms with Crippen LogP contribution in [0.2, 0.25) is 0 Å². The molecule has 1 spiro atoms. The highest BCUT2D eigenvalue weighted by atomic mass is 16.2. The van der Waals surface area contributed by atoms with E-state index in [1.807, 2.05) is 6.92 Å². The lowest BCUT2D eigenvalue weighted by molar-refractivity contribution is -0.135. The van der Waals surface area contributed by atoms with Crippen molar-refractivity contribution in [2.24, 2.45) is 0 Å². The SMILES string of the molecule is CCC(C)NCC(=O)N1CCC2(CC1)NC(=O)NC2=O. The van der Waals surface area contributed by atoms with Crippen LogP contribution in [0, 0.1) is 0 Å². The maximum Gasteiger partial charge on any atom is 0.322 e. The van der Waals surface area contributed by atoms with Gasteiger partial charge in [0.15, 0.2) is 0 Å². The van der Waals surface area contributed by atoms with Gasteiger partial charge in [0.2, 0.25) is 5.91 Å². The van der Waals surface area contributed by atoms with E-state index in [2.05, 4.69) is 22.9 Å². The van der Waals surface area contributed by atoms with Gasteiger partial charge in [0.25, 0.3) is 5.91 Å². The van der Waals surface area contributed by atoms with Gasteiger partial charge in [-0.15, -0.1) is 0 Å². The number of carbonyl (C=O) groups is 3. The molecular weight excluding hydrogens is 260 g/mol. The summed E-state index contributed by atoms with van der Waals surface area (Å²) in [5.74, 6) is -0.225. The number of carbonyl (C=O) groups excluding carboxylic acids is 3. The van der Waals surface area contributed by atoms with Gasteiger partial charge in [0.1, 0.15) is 5.54 Å². The van der Waals surface area contributed by atoms with Crippen LogP contribution in [-0.2, 0) is 9.59 Å². The molecule has 7 heteroatoms. The molecule has 1 atom stereocenters. The van der Waals surface area contributed by atoms with Crippen LogP contribution in [0.25, 0.3) is 0 Å². The first kappa shape index (κ1) is 14.8. The minimum absolute atomic E-state index is 0.0462. The molecule has 112 valence electrons. The molecule has 0 aromatic heterocycles. The highest BCUT2D eigenvalue weighted by Gasteiger charge is 2.48. The van der Waals surface area contributed by atoms with Crippen molar-refractivity contribution < 1.29 is 14.4 Å². The number of nitrogens with one attached hydrogen (secondary N) is 3. The standard InChI is InChI=1S/C13H22N4O3/c1-3-9(2)14-8-10(18)17-6-4-13(5-7-17)11(19)15-12(20)16-13/h9,14H,3-8H2,1-2H3,(H2,15,16,19,20). The van der Waals surface area contributed by atoms with E-state index in [1.165, 1.54) is 0 Å².